The summed E-state index contributed by atoms with van der Waals surface area (Å²) >= 11 is 3.81. The first-order chi connectivity index (χ1) is 6.15. The molecule has 0 spiro atoms. The monoisotopic (exact) mass is 202 g/mol. The number of amides is 1. The molecule has 1 rings (SSSR count). The Labute approximate surface area is 82.8 Å². The smallest absolute Gasteiger partial charge is 0.286 e. The highest BCUT2D eigenvalue weighted by molar-refractivity contribution is 7.78. The molecule has 1 aliphatic rings. The number of primary amides is 1. The summed E-state index contributed by atoms with van der Waals surface area (Å²) in [6.07, 6.45) is 4.16. The van der Waals surface area contributed by atoms with Gasteiger partial charge in [-0.1, -0.05) is 32.1 Å². The third-order valence-electron chi connectivity index (χ3n) is 2.51. The first-order valence-electron chi connectivity index (χ1n) is 4.38. The molecule has 0 heterocycles. The molecular formula is C8H14N2O2S. The Morgan fingerprint density at radius 3 is 2.46 bits per heavy atom. The number of nitrogens with one attached hydrogen (secondary N) is 1. The molecule has 0 radical (unpaired) electrons. The molecular weight excluding hydrogens is 188 g/mol. The van der Waals surface area contributed by atoms with E-state index in [2.05, 4.69) is 17.5 Å². The van der Waals surface area contributed by atoms with Crippen molar-refractivity contribution in [3.63, 3.8) is 0 Å². The van der Waals surface area contributed by atoms with Crippen molar-refractivity contribution in [3.8, 4) is 0 Å². The van der Waals surface area contributed by atoms with E-state index < -0.39 is 17.7 Å². The van der Waals surface area contributed by atoms with Gasteiger partial charge in [0.2, 0.25) is 5.78 Å². The molecule has 0 aromatic heterocycles. The Morgan fingerprint density at radius 2 is 2.15 bits per heavy atom. The van der Waals surface area contributed by atoms with E-state index in [0.717, 1.165) is 12.8 Å². The molecule has 5 heteroatoms. The van der Waals surface area contributed by atoms with Crippen molar-refractivity contribution in [2.75, 3.05) is 0 Å². The zero-order chi connectivity index (χ0) is 9.84. The average Bonchev–Trinajstić information content (AvgIpc) is 2.02. The molecule has 0 bridgehead atoms. The molecule has 1 aliphatic carbocycles. The highest BCUT2D eigenvalue weighted by Crippen LogP contribution is 2.30. The van der Waals surface area contributed by atoms with Gasteiger partial charge in [-0.25, -0.2) is 0 Å². The largest absolute Gasteiger partial charge is 0.363 e. The van der Waals surface area contributed by atoms with Gasteiger partial charge in [0.25, 0.3) is 5.91 Å². The third kappa shape index (κ3) is 2.70. The number of rotatable bonds is 5. The fourth-order valence-electron chi connectivity index (χ4n) is 1.45. The van der Waals surface area contributed by atoms with Crippen LogP contribution in [-0.4, -0.2) is 17.7 Å². The van der Waals surface area contributed by atoms with Gasteiger partial charge in [0.05, 0.1) is 6.04 Å². The van der Waals surface area contributed by atoms with Crippen LogP contribution >= 0.6 is 12.8 Å². The van der Waals surface area contributed by atoms with Crippen LogP contribution in [0.3, 0.4) is 0 Å². The zero-order valence-corrected chi connectivity index (χ0v) is 8.22. The fraction of sp³-hybridized carbons (Fsp3) is 0.750. The number of carbonyl (C=O) groups is 2. The predicted molar refractivity (Wildman–Crippen MR) is 52.1 cm³/mol. The Hall–Kier alpha value is -0.550. The number of thiol groups is 1. The molecule has 0 aromatic rings. The standard InChI is InChI=1S/C8H14N2O2S/c9-8(12)7(11)6(10-13)4-5-2-1-3-5/h5-6,10,13H,1-4H2,(H2,9,12). The summed E-state index contributed by atoms with van der Waals surface area (Å²) in [6.45, 7) is 0. The SMILES string of the molecule is NC(=O)C(=O)C(CC1CCC1)NS. The molecule has 1 amide bonds. The van der Waals surface area contributed by atoms with Gasteiger partial charge in [-0.15, -0.1) is 0 Å². The van der Waals surface area contributed by atoms with E-state index in [1.165, 1.54) is 6.42 Å². The van der Waals surface area contributed by atoms with Crippen LogP contribution in [0.2, 0.25) is 0 Å². The molecule has 13 heavy (non-hydrogen) atoms. The van der Waals surface area contributed by atoms with Crippen LogP contribution < -0.4 is 10.5 Å². The maximum absolute atomic E-state index is 11.2. The van der Waals surface area contributed by atoms with E-state index in [1.54, 1.807) is 0 Å². The third-order valence-corrected chi connectivity index (χ3v) is 2.82. The van der Waals surface area contributed by atoms with Gasteiger partial charge in [-0.3, -0.25) is 14.3 Å². The molecule has 1 saturated carbocycles. The van der Waals surface area contributed by atoms with Crippen molar-refractivity contribution in [2.45, 2.75) is 31.7 Å². The maximum atomic E-state index is 11.2. The van der Waals surface area contributed by atoms with E-state index >= 15 is 0 Å². The second-order valence-corrected chi connectivity index (χ2v) is 3.70. The zero-order valence-electron chi connectivity index (χ0n) is 7.32. The lowest BCUT2D eigenvalue weighted by atomic mass is 9.80. The van der Waals surface area contributed by atoms with Gasteiger partial charge in [0, 0.05) is 0 Å². The Kier molecular flexibility index (Phi) is 3.74. The van der Waals surface area contributed by atoms with Crippen molar-refractivity contribution < 1.29 is 9.59 Å². The van der Waals surface area contributed by atoms with E-state index in [0.29, 0.717) is 12.3 Å². The topological polar surface area (TPSA) is 72.2 Å². The number of ketones is 1. The van der Waals surface area contributed by atoms with Gasteiger partial charge >= 0.3 is 0 Å². The van der Waals surface area contributed by atoms with Crippen molar-refractivity contribution in [1.82, 2.24) is 4.72 Å². The lowest BCUT2D eigenvalue weighted by Gasteiger charge is -2.28. The summed E-state index contributed by atoms with van der Waals surface area (Å²) in [5.74, 6) is -0.902. The molecule has 1 fully saturated rings. The molecule has 4 nitrogen and oxygen atoms in total. The van der Waals surface area contributed by atoms with Gasteiger partial charge in [0.1, 0.15) is 0 Å². The average molecular weight is 202 g/mol. The maximum Gasteiger partial charge on any atom is 0.286 e. The van der Waals surface area contributed by atoms with E-state index in [1.807, 2.05) is 0 Å². The van der Waals surface area contributed by atoms with Gasteiger partial charge in [0.15, 0.2) is 0 Å². The molecule has 3 N–H and O–H groups in total. The predicted octanol–water partition coefficient (Wildman–Crippen LogP) is 0.0340. The van der Waals surface area contributed by atoms with Crippen LogP contribution in [-0.2, 0) is 9.59 Å². The van der Waals surface area contributed by atoms with E-state index in [-0.39, 0.29) is 0 Å². The van der Waals surface area contributed by atoms with Crippen LogP contribution in [0.1, 0.15) is 25.7 Å². The van der Waals surface area contributed by atoms with Gasteiger partial charge < -0.3 is 5.73 Å². The Bertz CT molecular complexity index is 216. The van der Waals surface area contributed by atoms with E-state index in [9.17, 15) is 9.59 Å². The summed E-state index contributed by atoms with van der Waals surface area (Å²) in [5, 5.41) is 0. The molecule has 1 atom stereocenters. The van der Waals surface area contributed by atoms with E-state index in [4.69, 9.17) is 5.73 Å². The molecule has 0 aliphatic heterocycles. The number of hydrogen-bond acceptors (Lipinski definition) is 4. The summed E-state index contributed by atoms with van der Waals surface area (Å²) in [6, 6.07) is -0.508. The molecule has 0 saturated heterocycles. The number of nitrogens with two attached hydrogens (primary N) is 1. The van der Waals surface area contributed by atoms with Crippen LogP contribution in [0.4, 0.5) is 0 Å². The Morgan fingerprint density at radius 1 is 1.54 bits per heavy atom. The highest BCUT2D eigenvalue weighted by atomic mass is 32.1. The molecule has 74 valence electrons. The Balaban J connectivity index is 2.41. The van der Waals surface area contributed by atoms with Crippen molar-refractivity contribution >= 4 is 24.5 Å². The second kappa shape index (κ2) is 4.62. The molecule has 1 unspecified atom stereocenters. The fourth-order valence-corrected chi connectivity index (χ4v) is 1.67. The normalized spacial score (nSPS) is 19.2. The number of carbonyl (C=O) groups excluding carboxylic acids is 2. The second-order valence-electron chi connectivity index (χ2n) is 3.44. The highest BCUT2D eigenvalue weighted by Gasteiger charge is 2.28. The van der Waals surface area contributed by atoms with Gasteiger partial charge in [-0.2, -0.15) is 0 Å². The van der Waals surface area contributed by atoms with Crippen molar-refractivity contribution in [1.29, 1.82) is 0 Å². The van der Waals surface area contributed by atoms with Crippen molar-refractivity contribution in [2.24, 2.45) is 11.7 Å². The first kappa shape index (κ1) is 10.5. The van der Waals surface area contributed by atoms with Crippen LogP contribution in [0.15, 0.2) is 0 Å². The number of Topliss-reactive ketones (excluding diaryl/α,β-unsaturated/α-hetero) is 1. The lowest BCUT2D eigenvalue weighted by molar-refractivity contribution is -0.137. The van der Waals surface area contributed by atoms with Crippen molar-refractivity contribution in [3.05, 3.63) is 0 Å². The van der Waals surface area contributed by atoms with Gasteiger partial charge in [-0.05, 0) is 12.3 Å². The minimum atomic E-state index is -0.883. The molecule has 0 aromatic carbocycles. The van der Waals surface area contributed by atoms with Crippen LogP contribution in [0, 0.1) is 5.92 Å². The lowest BCUT2D eigenvalue weighted by Crippen LogP contribution is -2.41. The summed E-state index contributed by atoms with van der Waals surface area (Å²) in [4.78, 5) is 21.7. The van der Waals surface area contributed by atoms with Crippen LogP contribution in [0.5, 0.6) is 0 Å². The minimum Gasteiger partial charge on any atom is -0.363 e. The first-order valence-corrected chi connectivity index (χ1v) is 4.83. The quantitative estimate of drug-likeness (QED) is 0.435. The summed E-state index contributed by atoms with van der Waals surface area (Å²) in [7, 11) is 0. The minimum absolute atomic E-state index is 0.508. The number of hydrogen-bond donors (Lipinski definition) is 3. The van der Waals surface area contributed by atoms with Crippen LogP contribution in [0.25, 0.3) is 0 Å². The summed E-state index contributed by atoms with van der Waals surface area (Å²) in [5.41, 5.74) is 4.89. The summed E-state index contributed by atoms with van der Waals surface area (Å²) < 4.78 is 2.53.